The topological polar surface area (TPSA) is 22.1 Å². The molecule has 0 amide bonds. The van der Waals surface area contributed by atoms with Gasteiger partial charge in [-0.05, 0) is 18.2 Å². The predicted molar refractivity (Wildman–Crippen MR) is 49.5 cm³/mol. The first-order chi connectivity index (χ1) is 5.79. The third-order valence-corrected chi connectivity index (χ3v) is 1.43. The summed E-state index contributed by atoms with van der Waals surface area (Å²) in [5.74, 6) is 0.698. The Bertz CT molecular complexity index is 257. The molecule has 0 saturated heterocycles. The van der Waals surface area contributed by atoms with Crippen molar-refractivity contribution in [2.45, 2.75) is 0 Å². The lowest BCUT2D eigenvalue weighted by molar-refractivity contribution is 0.361. The quantitative estimate of drug-likeness (QED) is 0.755. The SMILES string of the molecule is ClC(Cl)=CCOc1cccnc1. The summed E-state index contributed by atoms with van der Waals surface area (Å²) in [6.07, 6.45) is 4.86. The van der Waals surface area contributed by atoms with Gasteiger partial charge in [0, 0.05) is 6.20 Å². The Hall–Kier alpha value is -0.730. The molecule has 0 atom stereocenters. The molecule has 0 aliphatic heterocycles. The average molecular weight is 204 g/mol. The van der Waals surface area contributed by atoms with Gasteiger partial charge in [-0.25, -0.2) is 0 Å². The number of rotatable bonds is 3. The van der Waals surface area contributed by atoms with Gasteiger partial charge in [0.2, 0.25) is 0 Å². The van der Waals surface area contributed by atoms with Crippen LogP contribution in [0.1, 0.15) is 0 Å². The Labute approximate surface area is 80.8 Å². The number of nitrogens with zero attached hydrogens (tertiary/aromatic N) is 1. The van der Waals surface area contributed by atoms with Gasteiger partial charge in [-0.3, -0.25) is 4.98 Å². The fourth-order valence-corrected chi connectivity index (χ4v) is 0.759. The van der Waals surface area contributed by atoms with Gasteiger partial charge in [0.1, 0.15) is 16.8 Å². The van der Waals surface area contributed by atoms with Crippen LogP contribution in [-0.2, 0) is 0 Å². The molecule has 1 rings (SSSR count). The zero-order valence-electron chi connectivity index (χ0n) is 6.21. The van der Waals surface area contributed by atoms with Crippen LogP contribution in [-0.4, -0.2) is 11.6 Å². The third kappa shape index (κ3) is 3.60. The number of halogens is 2. The van der Waals surface area contributed by atoms with Crippen LogP contribution >= 0.6 is 23.2 Å². The summed E-state index contributed by atoms with van der Waals surface area (Å²) in [4.78, 5) is 3.87. The highest BCUT2D eigenvalue weighted by Gasteiger charge is 1.89. The normalized spacial score (nSPS) is 9.17. The first-order valence-electron chi connectivity index (χ1n) is 3.33. The Morgan fingerprint density at radius 1 is 1.58 bits per heavy atom. The zero-order valence-corrected chi connectivity index (χ0v) is 7.72. The van der Waals surface area contributed by atoms with Crippen LogP contribution in [0.5, 0.6) is 5.75 Å². The second-order valence-electron chi connectivity index (χ2n) is 1.99. The minimum atomic E-state index is 0.207. The maximum Gasteiger partial charge on any atom is 0.138 e. The van der Waals surface area contributed by atoms with E-state index in [0.717, 1.165) is 0 Å². The monoisotopic (exact) mass is 203 g/mol. The summed E-state index contributed by atoms with van der Waals surface area (Å²) >= 11 is 10.7. The van der Waals surface area contributed by atoms with Crippen LogP contribution in [0.15, 0.2) is 35.1 Å². The largest absolute Gasteiger partial charge is 0.488 e. The molecule has 0 bridgehead atoms. The van der Waals surface area contributed by atoms with Crippen molar-refractivity contribution in [3.63, 3.8) is 0 Å². The van der Waals surface area contributed by atoms with Crippen molar-refractivity contribution in [1.82, 2.24) is 4.98 Å². The molecule has 0 N–H and O–H groups in total. The molecule has 2 nitrogen and oxygen atoms in total. The minimum absolute atomic E-state index is 0.207. The highest BCUT2D eigenvalue weighted by atomic mass is 35.5. The van der Waals surface area contributed by atoms with Crippen molar-refractivity contribution >= 4 is 23.2 Å². The lowest BCUT2D eigenvalue weighted by Gasteiger charge is -2.00. The van der Waals surface area contributed by atoms with Gasteiger partial charge >= 0.3 is 0 Å². The first kappa shape index (κ1) is 9.36. The third-order valence-electron chi connectivity index (χ3n) is 1.12. The minimum Gasteiger partial charge on any atom is -0.488 e. The number of ether oxygens (including phenoxy) is 1. The lowest BCUT2D eigenvalue weighted by atomic mass is 10.5. The molecule has 64 valence electrons. The van der Waals surface area contributed by atoms with Crippen molar-refractivity contribution in [3.05, 3.63) is 35.1 Å². The first-order valence-corrected chi connectivity index (χ1v) is 4.08. The van der Waals surface area contributed by atoms with E-state index in [1.54, 1.807) is 24.5 Å². The van der Waals surface area contributed by atoms with Crippen LogP contribution in [0.25, 0.3) is 0 Å². The summed E-state index contributed by atoms with van der Waals surface area (Å²) < 4.78 is 5.42. The van der Waals surface area contributed by atoms with Crippen molar-refractivity contribution in [1.29, 1.82) is 0 Å². The highest BCUT2D eigenvalue weighted by molar-refractivity contribution is 6.55. The van der Waals surface area contributed by atoms with Gasteiger partial charge in [0.05, 0.1) is 6.20 Å². The smallest absolute Gasteiger partial charge is 0.138 e. The average Bonchev–Trinajstić information content (AvgIpc) is 2.05. The maximum absolute atomic E-state index is 5.37. The fraction of sp³-hybridized carbons (Fsp3) is 0.125. The summed E-state index contributed by atoms with van der Waals surface area (Å²) in [7, 11) is 0. The molecule has 1 aromatic rings. The van der Waals surface area contributed by atoms with E-state index in [2.05, 4.69) is 4.98 Å². The van der Waals surface area contributed by atoms with Gasteiger partial charge in [-0.15, -0.1) is 0 Å². The van der Waals surface area contributed by atoms with Crippen LogP contribution in [0, 0.1) is 0 Å². The van der Waals surface area contributed by atoms with Crippen molar-refractivity contribution in [2.75, 3.05) is 6.61 Å². The van der Waals surface area contributed by atoms with Gasteiger partial charge in [-0.1, -0.05) is 23.2 Å². The number of hydrogen-bond donors (Lipinski definition) is 0. The van der Waals surface area contributed by atoms with Gasteiger partial charge in [0.15, 0.2) is 0 Å². The standard InChI is InChI=1S/C8H7Cl2NO/c9-8(10)3-5-12-7-2-1-4-11-6-7/h1-4,6H,5H2. The van der Waals surface area contributed by atoms with Crippen molar-refractivity contribution < 1.29 is 4.74 Å². The Balaban J connectivity index is 2.39. The van der Waals surface area contributed by atoms with Gasteiger partial charge in [-0.2, -0.15) is 0 Å². The van der Waals surface area contributed by atoms with Crippen molar-refractivity contribution in [2.24, 2.45) is 0 Å². The molecule has 0 saturated carbocycles. The van der Waals surface area contributed by atoms with Crippen LogP contribution < -0.4 is 4.74 Å². The summed E-state index contributed by atoms with van der Waals surface area (Å²) in [5.41, 5.74) is 0. The molecule has 0 radical (unpaired) electrons. The van der Waals surface area contributed by atoms with Crippen LogP contribution in [0.3, 0.4) is 0 Å². The zero-order chi connectivity index (χ0) is 8.81. The molecule has 0 unspecified atom stereocenters. The van der Waals surface area contributed by atoms with Crippen LogP contribution in [0.2, 0.25) is 0 Å². The number of aromatic nitrogens is 1. The Kier molecular flexibility index (Phi) is 3.91. The Morgan fingerprint density at radius 3 is 3.00 bits per heavy atom. The predicted octanol–water partition coefficient (Wildman–Crippen LogP) is 2.78. The molecule has 1 heterocycles. The molecular weight excluding hydrogens is 197 g/mol. The molecule has 0 fully saturated rings. The maximum atomic E-state index is 5.37. The second-order valence-corrected chi connectivity index (χ2v) is 3.00. The van der Waals surface area contributed by atoms with E-state index in [4.69, 9.17) is 27.9 Å². The van der Waals surface area contributed by atoms with E-state index in [9.17, 15) is 0 Å². The molecular formula is C8H7Cl2NO. The van der Waals surface area contributed by atoms with Gasteiger partial charge in [0.25, 0.3) is 0 Å². The van der Waals surface area contributed by atoms with E-state index >= 15 is 0 Å². The molecule has 0 aliphatic rings. The van der Waals surface area contributed by atoms with E-state index < -0.39 is 0 Å². The molecule has 1 aromatic heterocycles. The lowest BCUT2D eigenvalue weighted by Crippen LogP contribution is -1.93. The summed E-state index contributed by atoms with van der Waals surface area (Å²) in [6, 6.07) is 3.60. The second kappa shape index (κ2) is 5.01. The molecule has 0 aliphatic carbocycles. The van der Waals surface area contributed by atoms with Crippen LogP contribution in [0.4, 0.5) is 0 Å². The number of pyridine rings is 1. The van der Waals surface area contributed by atoms with E-state index in [-0.39, 0.29) is 4.49 Å². The van der Waals surface area contributed by atoms with E-state index in [1.165, 1.54) is 0 Å². The molecule has 12 heavy (non-hydrogen) atoms. The van der Waals surface area contributed by atoms with Crippen molar-refractivity contribution in [3.8, 4) is 5.75 Å². The fourth-order valence-electron chi connectivity index (χ4n) is 0.633. The highest BCUT2D eigenvalue weighted by Crippen LogP contribution is 2.08. The van der Waals surface area contributed by atoms with Gasteiger partial charge < -0.3 is 4.74 Å². The summed E-state index contributed by atoms with van der Waals surface area (Å²) in [6.45, 7) is 0.355. The summed E-state index contributed by atoms with van der Waals surface area (Å²) in [5, 5.41) is 0. The molecule has 4 heteroatoms. The van der Waals surface area contributed by atoms with E-state index in [1.807, 2.05) is 6.07 Å². The molecule has 0 aromatic carbocycles. The number of hydrogen-bond acceptors (Lipinski definition) is 2. The van der Waals surface area contributed by atoms with E-state index in [0.29, 0.717) is 12.4 Å². The Morgan fingerprint density at radius 2 is 2.42 bits per heavy atom. The molecule has 0 spiro atoms.